The van der Waals surface area contributed by atoms with Gasteiger partial charge in [-0.25, -0.2) is 4.79 Å². The Balaban J connectivity index is 2.67. The zero-order chi connectivity index (χ0) is 12.0. The molecule has 0 bridgehead atoms. The Hall–Kier alpha value is -1.55. The normalized spacial score (nSPS) is 25.6. The van der Waals surface area contributed by atoms with Crippen molar-refractivity contribution in [2.45, 2.75) is 25.5 Å². The molecule has 0 saturated carbocycles. The molecule has 1 aliphatic heterocycles. The molecule has 88 valence electrons. The van der Waals surface area contributed by atoms with E-state index in [1.165, 1.54) is 0 Å². The van der Waals surface area contributed by atoms with Gasteiger partial charge in [0.15, 0.2) is 0 Å². The molecule has 2 N–H and O–H groups in total. The number of cyclic esters (lactones) is 1. The number of carbonyl (C=O) groups is 1. The predicted octanol–water partition coefficient (Wildman–Crippen LogP) is 1.53. The van der Waals surface area contributed by atoms with Crippen LogP contribution in [0, 0.1) is 0 Å². The molecule has 4 heteroatoms. The molecule has 1 fully saturated rings. The number of rotatable bonds is 5. The SMILES string of the molecule is C=C/C=C(\C=C/C)CC1NC(=O)OC1CO. The van der Waals surface area contributed by atoms with Crippen molar-refractivity contribution in [3.8, 4) is 0 Å². The summed E-state index contributed by atoms with van der Waals surface area (Å²) < 4.78 is 4.90. The maximum absolute atomic E-state index is 11.0. The van der Waals surface area contributed by atoms with Gasteiger partial charge in [-0.05, 0) is 18.9 Å². The summed E-state index contributed by atoms with van der Waals surface area (Å²) in [5, 5.41) is 11.7. The quantitative estimate of drug-likeness (QED) is 0.695. The number of allylic oxidation sites excluding steroid dienone is 4. The minimum absolute atomic E-state index is 0.166. The molecule has 1 heterocycles. The van der Waals surface area contributed by atoms with E-state index in [9.17, 15) is 4.79 Å². The van der Waals surface area contributed by atoms with Crippen molar-refractivity contribution in [2.24, 2.45) is 0 Å². The minimum Gasteiger partial charge on any atom is -0.442 e. The molecule has 4 nitrogen and oxygen atoms in total. The molecule has 1 aliphatic rings. The lowest BCUT2D eigenvalue weighted by Crippen LogP contribution is -2.33. The first-order valence-corrected chi connectivity index (χ1v) is 5.23. The van der Waals surface area contributed by atoms with Crippen molar-refractivity contribution in [3.63, 3.8) is 0 Å². The Bertz CT molecular complexity index is 320. The van der Waals surface area contributed by atoms with Gasteiger partial charge in [-0.2, -0.15) is 0 Å². The molecule has 0 spiro atoms. The van der Waals surface area contributed by atoms with Gasteiger partial charge in [0.2, 0.25) is 0 Å². The van der Waals surface area contributed by atoms with Crippen LogP contribution < -0.4 is 5.32 Å². The average molecular weight is 223 g/mol. The third kappa shape index (κ3) is 3.24. The third-order valence-electron chi connectivity index (χ3n) is 2.36. The Morgan fingerprint density at radius 1 is 1.69 bits per heavy atom. The highest BCUT2D eigenvalue weighted by Gasteiger charge is 2.33. The van der Waals surface area contributed by atoms with Crippen LogP contribution in [-0.2, 0) is 4.74 Å². The fourth-order valence-corrected chi connectivity index (χ4v) is 1.66. The van der Waals surface area contributed by atoms with E-state index in [1.807, 2.05) is 25.2 Å². The Kier molecular flexibility index (Phi) is 4.79. The lowest BCUT2D eigenvalue weighted by molar-refractivity contribution is 0.0830. The van der Waals surface area contributed by atoms with Gasteiger partial charge in [-0.1, -0.05) is 30.9 Å². The van der Waals surface area contributed by atoms with Gasteiger partial charge >= 0.3 is 6.09 Å². The van der Waals surface area contributed by atoms with Crippen molar-refractivity contribution < 1.29 is 14.6 Å². The second kappa shape index (κ2) is 6.12. The van der Waals surface area contributed by atoms with E-state index >= 15 is 0 Å². The van der Waals surface area contributed by atoms with Gasteiger partial charge in [-0.3, -0.25) is 0 Å². The first-order valence-electron chi connectivity index (χ1n) is 5.23. The summed E-state index contributed by atoms with van der Waals surface area (Å²) >= 11 is 0. The molecule has 0 aromatic carbocycles. The zero-order valence-corrected chi connectivity index (χ0v) is 9.35. The monoisotopic (exact) mass is 223 g/mol. The van der Waals surface area contributed by atoms with Crippen molar-refractivity contribution in [3.05, 3.63) is 36.5 Å². The van der Waals surface area contributed by atoms with Crippen LogP contribution in [0.1, 0.15) is 13.3 Å². The summed E-state index contributed by atoms with van der Waals surface area (Å²) in [6.45, 7) is 5.39. The predicted molar refractivity (Wildman–Crippen MR) is 62.0 cm³/mol. The second-order valence-corrected chi connectivity index (χ2v) is 3.56. The van der Waals surface area contributed by atoms with Gasteiger partial charge < -0.3 is 15.2 Å². The molecule has 1 saturated heterocycles. The highest BCUT2D eigenvalue weighted by molar-refractivity contribution is 5.70. The largest absolute Gasteiger partial charge is 0.442 e. The number of hydrogen-bond donors (Lipinski definition) is 2. The van der Waals surface area contributed by atoms with E-state index in [2.05, 4.69) is 11.9 Å². The van der Waals surface area contributed by atoms with Gasteiger partial charge in [-0.15, -0.1) is 0 Å². The molecular weight excluding hydrogens is 206 g/mol. The summed E-state index contributed by atoms with van der Waals surface area (Å²) in [5.41, 5.74) is 1.03. The van der Waals surface area contributed by atoms with Crippen molar-refractivity contribution in [1.29, 1.82) is 0 Å². The molecular formula is C12H17NO3. The number of ether oxygens (including phenoxy) is 1. The number of aliphatic hydroxyl groups is 1. The van der Waals surface area contributed by atoms with Crippen LogP contribution in [0.2, 0.25) is 0 Å². The molecule has 2 unspecified atom stereocenters. The minimum atomic E-state index is -0.470. The van der Waals surface area contributed by atoms with Crippen LogP contribution in [0.25, 0.3) is 0 Å². The van der Waals surface area contributed by atoms with E-state index in [0.717, 1.165) is 5.57 Å². The lowest BCUT2D eigenvalue weighted by atomic mass is 10.0. The van der Waals surface area contributed by atoms with E-state index in [4.69, 9.17) is 9.84 Å². The summed E-state index contributed by atoms with van der Waals surface area (Å²) in [7, 11) is 0. The zero-order valence-electron chi connectivity index (χ0n) is 9.35. The van der Waals surface area contributed by atoms with E-state index < -0.39 is 12.2 Å². The lowest BCUT2D eigenvalue weighted by Gasteiger charge is -2.14. The van der Waals surface area contributed by atoms with Crippen molar-refractivity contribution in [2.75, 3.05) is 6.61 Å². The van der Waals surface area contributed by atoms with E-state index in [0.29, 0.717) is 6.42 Å². The Labute approximate surface area is 95.3 Å². The van der Waals surface area contributed by atoms with E-state index in [1.54, 1.807) is 6.08 Å². The molecule has 2 atom stereocenters. The van der Waals surface area contributed by atoms with Crippen molar-refractivity contribution >= 4 is 6.09 Å². The average Bonchev–Trinajstić information content (AvgIpc) is 2.59. The smallest absolute Gasteiger partial charge is 0.407 e. The fraction of sp³-hybridized carbons (Fsp3) is 0.417. The van der Waals surface area contributed by atoms with Crippen molar-refractivity contribution in [1.82, 2.24) is 5.32 Å². The maximum Gasteiger partial charge on any atom is 0.407 e. The van der Waals surface area contributed by atoms with Crippen LogP contribution in [0.3, 0.4) is 0 Å². The molecule has 0 aliphatic carbocycles. The molecule has 0 aromatic heterocycles. The maximum atomic E-state index is 11.0. The number of hydrogen-bond acceptors (Lipinski definition) is 3. The standard InChI is InChI=1S/C12H17NO3/c1-3-5-9(6-4-2)7-10-11(8-14)16-12(15)13-10/h3-6,10-11,14H,1,7-8H2,2H3,(H,13,15)/b6-4-,9-5+. The fourth-order valence-electron chi connectivity index (χ4n) is 1.66. The van der Waals surface area contributed by atoms with Gasteiger partial charge in [0.25, 0.3) is 0 Å². The van der Waals surface area contributed by atoms with Crippen LogP contribution in [-0.4, -0.2) is 30.0 Å². The van der Waals surface area contributed by atoms with Crippen LogP contribution in [0.15, 0.2) is 36.5 Å². The summed E-state index contributed by atoms with van der Waals surface area (Å²) in [6, 6.07) is -0.181. The number of aliphatic hydroxyl groups excluding tert-OH is 1. The van der Waals surface area contributed by atoms with Crippen LogP contribution >= 0.6 is 0 Å². The Morgan fingerprint density at radius 3 is 3.00 bits per heavy atom. The number of alkyl carbamates (subject to hydrolysis) is 1. The van der Waals surface area contributed by atoms with Crippen LogP contribution in [0.4, 0.5) is 4.79 Å². The van der Waals surface area contributed by atoms with Crippen LogP contribution in [0.5, 0.6) is 0 Å². The molecule has 1 rings (SSSR count). The van der Waals surface area contributed by atoms with Gasteiger partial charge in [0.05, 0.1) is 12.6 Å². The summed E-state index contributed by atoms with van der Waals surface area (Å²) in [5.74, 6) is 0. The van der Waals surface area contributed by atoms with Gasteiger partial charge in [0, 0.05) is 0 Å². The Morgan fingerprint density at radius 2 is 2.44 bits per heavy atom. The molecule has 16 heavy (non-hydrogen) atoms. The summed E-state index contributed by atoms with van der Waals surface area (Å²) in [4.78, 5) is 11.0. The van der Waals surface area contributed by atoms with E-state index in [-0.39, 0.29) is 12.6 Å². The number of nitrogens with one attached hydrogen (secondary N) is 1. The number of amides is 1. The highest BCUT2D eigenvalue weighted by Crippen LogP contribution is 2.17. The number of carbonyl (C=O) groups excluding carboxylic acids is 1. The molecule has 0 radical (unpaired) electrons. The van der Waals surface area contributed by atoms with Gasteiger partial charge in [0.1, 0.15) is 6.10 Å². The highest BCUT2D eigenvalue weighted by atomic mass is 16.6. The summed E-state index contributed by atoms with van der Waals surface area (Å²) in [6.07, 6.45) is 7.11. The second-order valence-electron chi connectivity index (χ2n) is 3.56. The molecule has 1 amide bonds. The topological polar surface area (TPSA) is 58.6 Å². The molecule has 0 aromatic rings. The third-order valence-corrected chi connectivity index (χ3v) is 2.36. The first kappa shape index (κ1) is 12.5. The first-order chi connectivity index (χ1) is 7.71.